The van der Waals surface area contributed by atoms with Gasteiger partial charge in [0, 0.05) is 57.8 Å². The van der Waals surface area contributed by atoms with Gasteiger partial charge in [0.05, 0.1) is 21.9 Å². The Morgan fingerprint density at radius 3 is 2.26 bits per heavy atom. The van der Waals surface area contributed by atoms with Crippen molar-refractivity contribution in [2.45, 2.75) is 24.7 Å². The number of piperazine rings is 1. The maximum absolute atomic E-state index is 14.0. The number of hydrogen-bond acceptors (Lipinski definition) is 4. The standard InChI is InChI=1S/C25H28Cl2F4N4O3S/c1-32(13-16-9-18(25(29,30)31)12-19(28)10-16)23-15-34(14-20(23)17-3-4-21(26)22(27)11-17)24(36)33-5-7-35(8-6-33)39(2,37)38/h3-4,9-12,20,23H,5-8,13-15H2,1-2H3. The summed E-state index contributed by atoms with van der Waals surface area (Å²) in [5.41, 5.74) is -0.114. The van der Waals surface area contributed by atoms with Crippen LogP contribution in [0, 0.1) is 5.82 Å². The van der Waals surface area contributed by atoms with Gasteiger partial charge in [0.25, 0.3) is 0 Å². The minimum Gasteiger partial charge on any atom is -0.322 e. The number of benzene rings is 2. The molecule has 0 spiro atoms. The van der Waals surface area contributed by atoms with E-state index in [0.29, 0.717) is 22.7 Å². The summed E-state index contributed by atoms with van der Waals surface area (Å²) in [4.78, 5) is 18.5. The SMILES string of the molecule is CN(Cc1cc(F)cc(C(F)(F)F)c1)C1CN(C(=O)N2CCN(S(C)(=O)=O)CC2)CC1c1ccc(Cl)c(Cl)c1. The zero-order chi connectivity index (χ0) is 28.7. The van der Waals surface area contributed by atoms with Crippen LogP contribution in [0.3, 0.4) is 0 Å². The predicted octanol–water partition coefficient (Wildman–Crippen LogP) is 4.75. The van der Waals surface area contributed by atoms with E-state index in [1.165, 1.54) is 4.31 Å². The Morgan fingerprint density at radius 2 is 1.67 bits per heavy atom. The molecule has 7 nitrogen and oxygen atoms in total. The molecule has 0 saturated carbocycles. The van der Waals surface area contributed by atoms with Gasteiger partial charge in [0.15, 0.2) is 0 Å². The highest BCUT2D eigenvalue weighted by molar-refractivity contribution is 7.88. The van der Waals surface area contributed by atoms with E-state index < -0.39 is 27.6 Å². The smallest absolute Gasteiger partial charge is 0.322 e. The molecule has 2 aromatic rings. The fourth-order valence-corrected chi connectivity index (χ4v) is 6.31. The molecule has 2 saturated heterocycles. The van der Waals surface area contributed by atoms with E-state index in [-0.39, 0.29) is 62.8 Å². The summed E-state index contributed by atoms with van der Waals surface area (Å²) < 4.78 is 78.8. The minimum absolute atomic E-state index is 0.0123. The van der Waals surface area contributed by atoms with Crippen molar-refractivity contribution in [1.82, 2.24) is 19.0 Å². The molecular formula is C25H28Cl2F4N4O3S. The largest absolute Gasteiger partial charge is 0.416 e. The molecule has 2 unspecified atom stereocenters. The highest BCUT2D eigenvalue weighted by atomic mass is 35.5. The number of rotatable bonds is 5. The van der Waals surface area contributed by atoms with E-state index in [2.05, 4.69) is 0 Å². The Balaban J connectivity index is 1.56. The number of likely N-dealkylation sites (tertiary alicyclic amines) is 1. The van der Waals surface area contributed by atoms with Crippen LogP contribution in [0.15, 0.2) is 36.4 Å². The second-order valence-corrected chi connectivity index (χ2v) is 12.7. The number of carbonyl (C=O) groups is 1. The summed E-state index contributed by atoms with van der Waals surface area (Å²) >= 11 is 12.4. The average Bonchev–Trinajstić information content (AvgIpc) is 3.30. The van der Waals surface area contributed by atoms with E-state index in [0.717, 1.165) is 24.0 Å². The number of carbonyl (C=O) groups excluding carboxylic acids is 1. The third-order valence-corrected chi connectivity index (χ3v) is 9.23. The van der Waals surface area contributed by atoms with E-state index >= 15 is 0 Å². The molecule has 2 aliphatic heterocycles. The quantitative estimate of drug-likeness (QED) is 0.459. The van der Waals surface area contributed by atoms with Crippen LogP contribution in [0.5, 0.6) is 0 Å². The van der Waals surface area contributed by atoms with Gasteiger partial charge in [-0.15, -0.1) is 0 Å². The molecular weight excluding hydrogens is 583 g/mol. The summed E-state index contributed by atoms with van der Waals surface area (Å²) in [5, 5.41) is 0.691. The first-order chi connectivity index (χ1) is 18.1. The van der Waals surface area contributed by atoms with Crippen LogP contribution in [-0.2, 0) is 22.7 Å². The van der Waals surface area contributed by atoms with Crippen LogP contribution in [0.25, 0.3) is 0 Å². The third kappa shape index (κ3) is 6.97. The van der Waals surface area contributed by atoms with E-state index in [4.69, 9.17) is 23.2 Å². The number of nitrogens with zero attached hydrogens (tertiary/aromatic N) is 4. The normalized spacial score (nSPS) is 21.2. The van der Waals surface area contributed by atoms with Crippen molar-refractivity contribution in [2.75, 3.05) is 52.6 Å². The lowest BCUT2D eigenvalue weighted by Crippen LogP contribution is -2.53. The Morgan fingerprint density at radius 1 is 1.00 bits per heavy atom. The van der Waals surface area contributed by atoms with Crippen molar-refractivity contribution in [3.05, 3.63) is 69.0 Å². The molecule has 2 amide bonds. The Labute approximate surface area is 234 Å². The predicted molar refractivity (Wildman–Crippen MR) is 141 cm³/mol. The summed E-state index contributed by atoms with van der Waals surface area (Å²) in [6, 6.07) is 7.01. The summed E-state index contributed by atoms with van der Waals surface area (Å²) in [6.07, 6.45) is -3.56. The molecule has 14 heteroatoms. The number of likely N-dealkylation sites (N-methyl/N-ethyl adjacent to an activating group) is 1. The lowest BCUT2D eigenvalue weighted by molar-refractivity contribution is -0.137. The minimum atomic E-state index is -4.68. The van der Waals surface area contributed by atoms with Crippen LogP contribution in [-0.4, -0.2) is 92.1 Å². The number of halogens is 6. The van der Waals surface area contributed by atoms with Crippen LogP contribution < -0.4 is 0 Å². The summed E-state index contributed by atoms with van der Waals surface area (Å²) in [7, 11) is -1.64. The summed E-state index contributed by atoms with van der Waals surface area (Å²) in [5.74, 6) is -1.24. The lowest BCUT2D eigenvalue weighted by Gasteiger charge is -2.35. The first-order valence-electron chi connectivity index (χ1n) is 12.1. The van der Waals surface area contributed by atoms with Crippen LogP contribution in [0.2, 0.25) is 10.0 Å². The molecule has 0 aromatic heterocycles. The van der Waals surface area contributed by atoms with Gasteiger partial charge in [0.1, 0.15) is 5.82 Å². The highest BCUT2D eigenvalue weighted by Crippen LogP contribution is 2.36. The lowest BCUT2D eigenvalue weighted by atomic mass is 9.93. The second-order valence-electron chi connectivity index (χ2n) is 9.95. The van der Waals surface area contributed by atoms with Gasteiger partial charge in [-0.2, -0.15) is 17.5 Å². The molecule has 0 N–H and O–H groups in total. The zero-order valence-corrected chi connectivity index (χ0v) is 23.6. The first kappa shape index (κ1) is 29.9. The van der Waals surface area contributed by atoms with Gasteiger partial charge in [-0.05, 0) is 48.5 Å². The molecule has 2 aliphatic rings. The molecule has 2 heterocycles. The number of amides is 2. The van der Waals surface area contributed by atoms with Crippen molar-refractivity contribution in [2.24, 2.45) is 0 Å². The van der Waals surface area contributed by atoms with Crippen molar-refractivity contribution < 1.29 is 30.8 Å². The molecule has 4 rings (SSSR count). The van der Waals surface area contributed by atoms with Crippen LogP contribution in [0.1, 0.15) is 22.6 Å². The van der Waals surface area contributed by atoms with Crippen molar-refractivity contribution >= 4 is 39.3 Å². The van der Waals surface area contributed by atoms with E-state index in [1.807, 2.05) is 0 Å². The highest BCUT2D eigenvalue weighted by Gasteiger charge is 2.41. The molecule has 2 aromatic carbocycles. The fourth-order valence-electron chi connectivity index (χ4n) is 5.18. The Bertz CT molecular complexity index is 1340. The summed E-state index contributed by atoms with van der Waals surface area (Å²) in [6.45, 7) is 1.44. The van der Waals surface area contributed by atoms with Crippen LogP contribution in [0.4, 0.5) is 22.4 Å². The molecule has 2 atom stereocenters. The molecule has 0 radical (unpaired) electrons. The second kappa shape index (κ2) is 11.4. The van der Waals surface area contributed by atoms with Crippen LogP contribution >= 0.6 is 23.2 Å². The zero-order valence-electron chi connectivity index (χ0n) is 21.3. The average molecular weight is 611 g/mol. The molecule has 214 valence electrons. The van der Waals surface area contributed by atoms with Gasteiger partial charge in [-0.25, -0.2) is 17.6 Å². The van der Waals surface area contributed by atoms with Gasteiger partial charge in [-0.3, -0.25) is 4.90 Å². The maximum atomic E-state index is 14.0. The number of urea groups is 1. The van der Waals surface area contributed by atoms with E-state index in [1.54, 1.807) is 39.9 Å². The maximum Gasteiger partial charge on any atom is 0.416 e. The van der Waals surface area contributed by atoms with Gasteiger partial charge >= 0.3 is 12.2 Å². The fraction of sp³-hybridized carbons (Fsp3) is 0.480. The number of alkyl halides is 3. The Kier molecular flexibility index (Phi) is 8.73. The van der Waals surface area contributed by atoms with Gasteiger partial charge in [-0.1, -0.05) is 29.3 Å². The number of sulfonamides is 1. The van der Waals surface area contributed by atoms with Crippen molar-refractivity contribution in [3.8, 4) is 0 Å². The molecule has 0 bridgehead atoms. The van der Waals surface area contributed by atoms with E-state index in [9.17, 15) is 30.8 Å². The van der Waals surface area contributed by atoms with Crippen molar-refractivity contribution in [1.29, 1.82) is 0 Å². The van der Waals surface area contributed by atoms with Crippen molar-refractivity contribution in [3.63, 3.8) is 0 Å². The molecule has 0 aliphatic carbocycles. The third-order valence-electron chi connectivity index (χ3n) is 7.19. The monoisotopic (exact) mass is 610 g/mol. The van der Waals surface area contributed by atoms with Gasteiger partial charge < -0.3 is 9.80 Å². The first-order valence-corrected chi connectivity index (χ1v) is 14.7. The Hall–Kier alpha value is -2.12. The topological polar surface area (TPSA) is 64.2 Å². The molecule has 2 fully saturated rings. The van der Waals surface area contributed by atoms with Gasteiger partial charge in [0.2, 0.25) is 10.0 Å². The molecule has 39 heavy (non-hydrogen) atoms. The number of hydrogen-bond donors (Lipinski definition) is 0.